The molecule has 0 saturated carbocycles. The Morgan fingerprint density at radius 1 is 0.971 bits per heavy atom. The number of hydrogen-bond acceptors (Lipinski definition) is 5. The van der Waals surface area contributed by atoms with E-state index in [1.165, 1.54) is 5.56 Å². The second kappa shape index (κ2) is 10.9. The van der Waals surface area contributed by atoms with Crippen LogP contribution in [0.5, 0.6) is 0 Å². The Balaban J connectivity index is 1.23. The fourth-order valence-corrected chi connectivity index (χ4v) is 5.07. The minimum absolute atomic E-state index is 0.0364. The number of pyridine rings is 1. The minimum atomic E-state index is 0.0364. The van der Waals surface area contributed by atoms with Crippen molar-refractivity contribution in [3.8, 4) is 0 Å². The Bertz CT molecular complexity index is 1180. The summed E-state index contributed by atoms with van der Waals surface area (Å²) in [7, 11) is 0. The number of rotatable bonds is 6. The van der Waals surface area contributed by atoms with Crippen LogP contribution in [-0.2, 0) is 13.0 Å². The number of aromatic nitrogens is 1. The third-order valence-electron chi connectivity index (χ3n) is 6.72. The molecule has 3 heterocycles. The lowest BCUT2D eigenvalue weighted by molar-refractivity contribution is 0.0638. The molecule has 0 atom stereocenters. The average Bonchev–Trinajstić information content (AvgIpc) is 2.90. The van der Waals surface area contributed by atoms with Gasteiger partial charge < -0.3 is 15.1 Å². The Morgan fingerprint density at radius 2 is 1.77 bits per heavy atom. The van der Waals surface area contributed by atoms with Gasteiger partial charge in [0, 0.05) is 68.6 Å². The van der Waals surface area contributed by atoms with Crippen LogP contribution in [0.25, 0.3) is 0 Å². The highest BCUT2D eigenvalue weighted by Crippen LogP contribution is 2.31. The summed E-state index contributed by atoms with van der Waals surface area (Å²) in [5.41, 5.74) is 3.84. The van der Waals surface area contributed by atoms with Crippen molar-refractivity contribution in [2.75, 3.05) is 56.0 Å². The molecule has 8 heteroatoms. The number of halogens is 2. The summed E-state index contributed by atoms with van der Waals surface area (Å²) in [6.07, 6.45) is 2.72. The van der Waals surface area contributed by atoms with Crippen LogP contribution in [0.2, 0.25) is 10.0 Å². The van der Waals surface area contributed by atoms with E-state index in [4.69, 9.17) is 23.2 Å². The molecule has 1 saturated heterocycles. The van der Waals surface area contributed by atoms with Gasteiger partial charge in [0.2, 0.25) is 0 Å². The van der Waals surface area contributed by atoms with Gasteiger partial charge in [-0.15, -0.1) is 0 Å². The molecule has 3 aromatic rings. The Morgan fingerprint density at radius 3 is 2.57 bits per heavy atom. The number of hydrogen-bond donors (Lipinski definition) is 1. The van der Waals surface area contributed by atoms with Gasteiger partial charge in [0.05, 0.1) is 11.3 Å². The number of amides is 1. The minimum Gasteiger partial charge on any atom is -0.367 e. The van der Waals surface area contributed by atoms with E-state index in [1.807, 2.05) is 29.2 Å². The van der Waals surface area contributed by atoms with Crippen molar-refractivity contribution in [1.29, 1.82) is 0 Å². The van der Waals surface area contributed by atoms with Crippen LogP contribution in [-0.4, -0.2) is 66.5 Å². The zero-order valence-corrected chi connectivity index (χ0v) is 21.1. The third-order valence-corrected chi connectivity index (χ3v) is 7.32. The fraction of sp³-hybridized carbons (Fsp3) is 0.333. The number of nitrogens with zero attached hydrogens (tertiary/aromatic N) is 4. The first-order chi connectivity index (χ1) is 17.1. The molecule has 5 rings (SSSR count). The van der Waals surface area contributed by atoms with Gasteiger partial charge in [0.15, 0.2) is 0 Å². The topological polar surface area (TPSA) is 51.7 Å². The summed E-state index contributed by atoms with van der Waals surface area (Å²) in [5, 5.41) is 4.68. The molecule has 35 heavy (non-hydrogen) atoms. The van der Waals surface area contributed by atoms with Gasteiger partial charge in [-0.3, -0.25) is 9.69 Å². The van der Waals surface area contributed by atoms with E-state index in [-0.39, 0.29) is 5.91 Å². The zero-order valence-electron chi connectivity index (χ0n) is 19.6. The van der Waals surface area contributed by atoms with Crippen molar-refractivity contribution in [3.05, 3.63) is 87.5 Å². The lowest BCUT2D eigenvalue weighted by atomic mass is 10.1. The standard InChI is InChI=1S/C27H29Cl2N5O/c28-23-6-7-24(29)22(16-23)19-34-11-9-30-26-25(34)17-21(18-31-26)27(35)33-14-12-32(13-15-33)10-8-20-4-2-1-3-5-20/h1-7,16-18H,8-15,19H2,(H,30,31). The molecule has 0 radical (unpaired) electrons. The summed E-state index contributed by atoms with van der Waals surface area (Å²) in [4.78, 5) is 24.5. The van der Waals surface area contributed by atoms with Crippen LogP contribution in [0.1, 0.15) is 21.5 Å². The maximum absolute atomic E-state index is 13.3. The van der Waals surface area contributed by atoms with Gasteiger partial charge in [0.25, 0.3) is 5.91 Å². The lowest BCUT2D eigenvalue weighted by Gasteiger charge is -2.35. The average molecular weight is 510 g/mol. The van der Waals surface area contributed by atoms with Gasteiger partial charge >= 0.3 is 0 Å². The van der Waals surface area contributed by atoms with Crippen LogP contribution in [0.4, 0.5) is 11.5 Å². The number of carbonyl (C=O) groups excluding carboxylic acids is 1. The molecule has 2 aliphatic rings. The molecule has 0 spiro atoms. The van der Waals surface area contributed by atoms with Crippen molar-refractivity contribution in [2.45, 2.75) is 13.0 Å². The van der Waals surface area contributed by atoms with E-state index < -0.39 is 0 Å². The normalized spacial score (nSPS) is 16.1. The second-order valence-electron chi connectivity index (χ2n) is 9.05. The van der Waals surface area contributed by atoms with Crippen LogP contribution < -0.4 is 10.2 Å². The van der Waals surface area contributed by atoms with E-state index in [1.54, 1.807) is 12.3 Å². The first-order valence-corrected chi connectivity index (χ1v) is 12.8. The van der Waals surface area contributed by atoms with Gasteiger partial charge in [-0.25, -0.2) is 4.98 Å². The van der Waals surface area contributed by atoms with Gasteiger partial charge in [0.1, 0.15) is 5.82 Å². The Hall–Kier alpha value is -2.80. The Kier molecular flexibility index (Phi) is 7.42. The van der Waals surface area contributed by atoms with Crippen LogP contribution in [0, 0.1) is 0 Å². The molecule has 0 bridgehead atoms. The fourth-order valence-electron chi connectivity index (χ4n) is 4.70. The maximum atomic E-state index is 13.3. The Labute approximate surface area is 216 Å². The summed E-state index contributed by atoms with van der Waals surface area (Å²) in [6, 6.07) is 18.0. The quantitative estimate of drug-likeness (QED) is 0.516. The molecule has 6 nitrogen and oxygen atoms in total. The summed E-state index contributed by atoms with van der Waals surface area (Å²) < 4.78 is 0. The zero-order chi connectivity index (χ0) is 24.2. The van der Waals surface area contributed by atoms with Gasteiger partial charge in [-0.1, -0.05) is 53.5 Å². The summed E-state index contributed by atoms with van der Waals surface area (Å²) in [6.45, 7) is 6.41. The first kappa shape index (κ1) is 23.9. The van der Waals surface area contributed by atoms with Crippen LogP contribution in [0.3, 0.4) is 0 Å². The molecule has 1 amide bonds. The number of nitrogens with one attached hydrogen (secondary N) is 1. The van der Waals surface area contributed by atoms with E-state index in [0.717, 1.165) is 69.3 Å². The monoisotopic (exact) mass is 509 g/mol. The molecule has 182 valence electrons. The highest BCUT2D eigenvalue weighted by Gasteiger charge is 2.25. The molecule has 1 aromatic heterocycles. The smallest absolute Gasteiger partial charge is 0.255 e. The molecular weight excluding hydrogens is 481 g/mol. The maximum Gasteiger partial charge on any atom is 0.255 e. The third kappa shape index (κ3) is 5.72. The molecule has 0 aliphatic carbocycles. The molecule has 1 fully saturated rings. The van der Waals surface area contributed by atoms with Crippen molar-refractivity contribution in [2.24, 2.45) is 0 Å². The summed E-state index contributed by atoms with van der Waals surface area (Å²) in [5.74, 6) is 0.825. The number of carbonyl (C=O) groups is 1. The molecular formula is C27H29Cl2N5O. The van der Waals surface area contributed by atoms with E-state index in [9.17, 15) is 4.79 Å². The van der Waals surface area contributed by atoms with Crippen molar-refractivity contribution < 1.29 is 4.79 Å². The van der Waals surface area contributed by atoms with Crippen molar-refractivity contribution in [1.82, 2.24) is 14.8 Å². The SMILES string of the molecule is O=C(c1cnc2c(c1)N(Cc1cc(Cl)ccc1Cl)CCN2)N1CCN(CCc2ccccc2)CC1. The largest absolute Gasteiger partial charge is 0.367 e. The predicted molar refractivity (Wildman–Crippen MR) is 143 cm³/mol. The molecule has 2 aromatic carbocycles. The van der Waals surface area contributed by atoms with Crippen LogP contribution in [0.15, 0.2) is 60.8 Å². The van der Waals surface area contributed by atoms with Crippen molar-refractivity contribution in [3.63, 3.8) is 0 Å². The molecule has 2 aliphatic heterocycles. The van der Waals surface area contributed by atoms with E-state index in [0.29, 0.717) is 22.2 Å². The highest BCUT2D eigenvalue weighted by atomic mass is 35.5. The first-order valence-electron chi connectivity index (χ1n) is 12.1. The second-order valence-corrected chi connectivity index (χ2v) is 9.89. The van der Waals surface area contributed by atoms with E-state index >= 15 is 0 Å². The number of piperazine rings is 1. The highest BCUT2D eigenvalue weighted by molar-refractivity contribution is 6.33. The van der Waals surface area contributed by atoms with Crippen LogP contribution >= 0.6 is 23.2 Å². The molecule has 0 unspecified atom stereocenters. The number of benzene rings is 2. The van der Waals surface area contributed by atoms with Gasteiger partial charge in [-0.2, -0.15) is 0 Å². The van der Waals surface area contributed by atoms with Crippen molar-refractivity contribution >= 4 is 40.6 Å². The molecule has 1 N–H and O–H groups in total. The van der Waals surface area contributed by atoms with Gasteiger partial charge in [-0.05, 0) is 41.8 Å². The number of anilines is 2. The summed E-state index contributed by atoms with van der Waals surface area (Å²) >= 11 is 12.6. The van der Waals surface area contributed by atoms with E-state index in [2.05, 4.69) is 44.4 Å². The number of fused-ring (bicyclic) bond motifs is 1. The lowest BCUT2D eigenvalue weighted by Crippen LogP contribution is -2.49. The predicted octanol–water partition coefficient (Wildman–Crippen LogP) is 4.82.